The lowest BCUT2D eigenvalue weighted by Crippen LogP contribution is -2.42. The van der Waals surface area contributed by atoms with Gasteiger partial charge in [0.2, 0.25) is 5.95 Å². The van der Waals surface area contributed by atoms with Crippen LogP contribution in [0.15, 0.2) is 59.4 Å². The second kappa shape index (κ2) is 9.46. The van der Waals surface area contributed by atoms with Crippen molar-refractivity contribution in [2.45, 2.75) is 25.8 Å². The molecule has 0 bridgehead atoms. The lowest BCUT2D eigenvalue weighted by atomic mass is 10.1. The Morgan fingerprint density at radius 2 is 1.78 bits per heavy atom. The molecule has 1 fully saturated rings. The van der Waals surface area contributed by atoms with Gasteiger partial charge in [-0.05, 0) is 62.1 Å². The van der Waals surface area contributed by atoms with Crippen molar-refractivity contribution in [3.05, 3.63) is 65.1 Å². The van der Waals surface area contributed by atoms with Crippen molar-refractivity contribution >= 4 is 28.8 Å². The molecule has 1 aliphatic rings. The van der Waals surface area contributed by atoms with Crippen LogP contribution >= 0.6 is 0 Å². The molecule has 1 aliphatic heterocycles. The van der Waals surface area contributed by atoms with Crippen LogP contribution in [-0.2, 0) is 4.79 Å². The Morgan fingerprint density at radius 1 is 1.06 bits per heavy atom. The molecule has 4 N–H and O–H groups in total. The quantitative estimate of drug-likeness (QED) is 0.426. The van der Waals surface area contributed by atoms with Gasteiger partial charge >= 0.3 is 5.69 Å². The highest BCUT2D eigenvalue weighted by Crippen LogP contribution is 2.29. The van der Waals surface area contributed by atoms with Gasteiger partial charge in [0.15, 0.2) is 11.5 Å². The second-order valence-corrected chi connectivity index (χ2v) is 8.46. The Kier molecular flexibility index (Phi) is 6.04. The molecule has 10 nitrogen and oxygen atoms in total. The van der Waals surface area contributed by atoms with Crippen LogP contribution in [-0.4, -0.2) is 43.0 Å². The number of carbonyl (C=O) groups is 1. The average molecular weight is 484 g/mol. The Hall–Kier alpha value is -4.78. The predicted molar refractivity (Wildman–Crippen MR) is 137 cm³/mol. The van der Waals surface area contributed by atoms with Crippen LogP contribution in [0, 0.1) is 11.8 Å². The van der Waals surface area contributed by atoms with E-state index in [1.807, 2.05) is 30.3 Å². The number of rotatable bonds is 4. The molecular weight excluding hydrogens is 458 g/mol. The van der Waals surface area contributed by atoms with Crippen LogP contribution < -0.4 is 21.9 Å². The number of likely N-dealkylation sites (tertiary alicyclic amines) is 1. The van der Waals surface area contributed by atoms with Crippen molar-refractivity contribution in [3.8, 4) is 29.0 Å². The Balaban J connectivity index is 1.58. The first-order valence-electron chi connectivity index (χ1n) is 11.6. The van der Waals surface area contributed by atoms with Gasteiger partial charge in [-0.2, -0.15) is 9.97 Å². The number of nitrogen functional groups attached to an aromatic ring is 2. The fourth-order valence-corrected chi connectivity index (χ4v) is 4.55. The zero-order valence-corrected chi connectivity index (χ0v) is 19.7. The van der Waals surface area contributed by atoms with Gasteiger partial charge in [-0.15, -0.1) is 0 Å². The van der Waals surface area contributed by atoms with E-state index in [0.29, 0.717) is 47.9 Å². The molecule has 10 heteroatoms. The number of imidazole rings is 1. The fraction of sp³-hybridized carbons (Fsp3) is 0.231. The summed E-state index contributed by atoms with van der Waals surface area (Å²) in [6.07, 6.45) is 1.42. The van der Waals surface area contributed by atoms with Crippen LogP contribution in [0.2, 0.25) is 0 Å². The van der Waals surface area contributed by atoms with Crippen molar-refractivity contribution < 1.29 is 9.53 Å². The van der Waals surface area contributed by atoms with Crippen LogP contribution in [0.25, 0.3) is 16.9 Å². The van der Waals surface area contributed by atoms with Crippen LogP contribution in [0.5, 0.6) is 11.5 Å². The number of nitrogens with two attached hydrogens (primary N) is 2. The summed E-state index contributed by atoms with van der Waals surface area (Å²) >= 11 is 0. The predicted octanol–water partition coefficient (Wildman–Crippen LogP) is 2.73. The second-order valence-electron chi connectivity index (χ2n) is 8.46. The SMILES string of the molecule is CC#CC(=O)N1CCCC(n2c(=O)n(-c3ccc(Oc4ccccc4)cc3)c3c(N)nc(N)nc32)C1. The molecule has 0 aliphatic carbocycles. The smallest absolute Gasteiger partial charge is 0.335 e. The summed E-state index contributed by atoms with van der Waals surface area (Å²) in [7, 11) is 0. The van der Waals surface area contributed by atoms with Gasteiger partial charge in [-0.1, -0.05) is 24.1 Å². The average Bonchev–Trinajstić information content (AvgIpc) is 3.17. The monoisotopic (exact) mass is 483 g/mol. The number of hydrogen-bond acceptors (Lipinski definition) is 7. The maximum Gasteiger partial charge on any atom is 0.335 e. The molecule has 0 spiro atoms. The lowest BCUT2D eigenvalue weighted by Gasteiger charge is -2.31. The summed E-state index contributed by atoms with van der Waals surface area (Å²) in [5.41, 5.74) is 13.1. The molecule has 2 aromatic carbocycles. The topological polar surface area (TPSA) is 134 Å². The van der Waals surface area contributed by atoms with Crippen LogP contribution in [0.3, 0.4) is 0 Å². The minimum Gasteiger partial charge on any atom is -0.457 e. The van der Waals surface area contributed by atoms with Crippen molar-refractivity contribution in [1.82, 2.24) is 24.0 Å². The molecule has 4 aromatic rings. The van der Waals surface area contributed by atoms with Gasteiger partial charge in [0.1, 0.15) is 17.0 Å². The summed E-state index contributed by atoms with van der Waals surface area (Å²) in [5, 5.41) is 0. The zero-order chi connectivity index (χ0) is 25.2. The van der Waals surface area contributed by atoms with Crippen LogP contribution in [0.4, 0.5) is 11.8 Å². The van der Waals surface area contributed by atoms with Gasteiger partial charge in [-0.3, -0.25) is 13.9 Å². The molecule has 36 heavy (non-hydrogen) atoms. The largest absolute Gasteiger partial charge is 0.457 e. The molecule has 0 saturated carbocycles. The number of piperidine rings is 1. The van der Waals surface area contributed by atoms with E-state index < -0.39 is 0 Å². The highest BCUT2D eigenvalue weighted by atomic mass is 16.5. The molecule has 1 amide bonds. The normalized spacial score (nSPS) is 15.4. The minimum atomic E-state index is -0.339. The third kappa shape index (κ3) is 4.22. The van der Waals surface area contributed by atoms with Crippen molar-refractivity contribution in [1.29, 1.82) is 0 Å². The highest BCUT2D eigenvalue weighted by Gasteiger charge is 2.30. The van der Waals surface area contributed by atoms with E-state index in [4.69, 9.17) is 16.2 Å². The van der Waals surface area contributed by atoms with Gasteiger partial charge in [-0.25, -0.2) is 4.79 Å². The van der Waals surface area contributed by atoms with Crippen molar-refractivity contribution in [2.75, 3.05) is 24.6 Å². The van der Waals surface area contributed by atoms with E-state index in [2.05, 4.69) is 21.8 Å². The number of aromatic nitrogens is 4. The van der Waals surface area contributed by atoms with E-state index >= 15 is 0 Å². The summed E-state index contributed by atoms with van der Waals surface area (Å²) in [4.78, 5) is 36.4. The maximum atomic E-state index is 13.8. The first kappa shape index (κ1) is 23.0. The number of para-hydroxylation sites is 1. The fourth-order valence-electron chi connectivity index (χ4n) is 4.55. The standard InChI is InChI=1S/C26H25N7O3/c1-2-7-21(34)31-15-6-8-18(16-31)33-24-22(23(27)29-25(28)30-24)32(26(33)35)17-11-13-20(14-12-17)36-19-9-4-3-5-10-19/h3-5,9-14,18H,6,8,15-16H2,1H3,(H4,27,28,29,30). The third-order valence-electron chi connectivity index (χ3n) is 6.11. The summed E-state index contributed by atoms with van der Waals surface area (Å²) < 4.78 is 8.92. The van der Waals surface area contributed by atoms with E-state index in [9.17, 15) is 9.59 Å². The van der Waals surface area contributed by atoms with Gasteiger partial charge in [0, 0.05) is 13.1 Å². The highest BCUT2D eigenvalue weighted by molar-refractivity contribution is 5.93. The Morgan fingerprint density at radius 3 is 2.50 bits per heavy atom. The first-order valence-corrected chi connectivity index (χ1v) is 11.6. The molecule has 2 aromatic heterocycles. The third-order valence-corrected chi connectivity index (χ3v) is 6.11. The number of anilines is 2. The van der Waals surface area contributed by atoms with Gasteiger partial charge in [0.05, 0.1) is 11.7 Å². The van der Waals surface area contributed by atoms with E-state index in [-0.39, 0.29) is 29.4 Å². The zero-order valence-electron chi connectivity index (χ0n) is 19.7. The Labute approximate surface area is 207 Å². The number of amides is 1. The number of hydrogen-bond donors (Lipinski definition) is 2. The molecule has 1 unspecified atom stereocenters. The van der Waals surface area contributed by atoms with E-state index in [1.54, 1.807) is 40.7 Å². The van der Waals surface area contributed by atoms with E-state index in [1.165, 1.54) is 4.57 Å². The summed E-state index contributed by atoms with van der Waals surface area (Å²) in [5.74, 6) is 6.35. The number of ether oxygens (including phenoxy) is 1. The molecule has 1 atom stereocenters. The molecule has 182 valence electrons. The number of benzene rings is 2. The lowest BCUT2D eigenvalue weighted by molar-refractivity contribution is -0.126. The molecule has 5 rings (SSSR count). The van der Waals surface area contributed by atoms with Crippen molar-refractivity contribution in [3.63, 3.8) is 0 Å². The van der Waals surface area contributed by atoms with Gasteiger partial charge < -0.3 is 21.1 Å². The molecule has 3 heterocycles. The number of nitrogens with zero attached hydrogens (tertiary/aromatic N) is 5. The molecule has 1 saturated heterocycles. The summed E-state index contributed by atoms with van der Waals surface area (Å²) in [6.45, 7) is 2.54. The van der Waals surface area contributed by atoms with Gasteiger partial charge in [0.25, 0.3) is 5.91 Å². The molecule has 0 radical (unpaired) electrons. The maximum absolute atomic E-state index is 13.8. The Bertz CT molecular complexity index is 1550. The number of fused-ring (bicyclic) bond motifs is 1. The van der Waals surface area contributed by atoms with E-state index in [0.717, 1.165) is 6.42 Å². The van der Waals surface area contributed by atoms with Crippen molar-refractivity contribution in [2.24, 2.45) is 0 Å². The summed E-state index contributed by atoms with van der Waals surface area (Å²) in [6, 6.07) is 16.2. The molecular formula is C26H25N7O3. The number of carbonyl (C=O) groups excluding carboxylic acids is 1. The van der Waals surface area contributed by atoms with Crippen LogP contribution in [0.1, 0.15) is 25.8 Å². The minimum absolute atomic E-state index is 0.0295. The first-order chi connectivity index (χ1) is 17.5.